The summed E-state index contributed by atoms with van der Waals surface area (Å²) in [5.74, 6) is 0. The third-order valence-electron chi connectivity index (χ3n) is 12.9. The lowest BCUT2D eigenvalue weighted by molar-refractivity contribution is 0.669. The second kappa shape index (κ2) is 17.2. The molecule has 1 heterocycles. The largest absolute Gasteiger partial charge is 0.456 e. The van der Waals surface area contributed by atoms with Crippen LogP contribution in [0.5, 0.6) is 0 Å². The van der Waals surface area contributed by atoms with Crippen molar-refractivity contribution < 1.29 is 4.42 Å². The number of hydrogen-bond acceptors (Lipinski definition) is 3. The van der Waals surface area contributed by atoms with E-state index in [0.29, 0.717) is 0 Å². The zero-order chi connectivity index (χ0) is 44.5. The number of nitrogens with zero attached hydrogens (tertiary/aromatic N) is 2. The Bertz CT molecular complexity index is 3460. The van der Waals surface area contributed by atoms with Crippen molar-refractivity contribution in [3.63, 3.8) is 0 Å². The minimum absolute atomic E-state index is 0.826. The standard InChI is InChI=1S/C64H44N2O/c1-5-15-45(16-6-1)49-25-33-53(34-26-49)65(54-35-27-50(28-36-54)46-17-7-2-8-18-46)57-41-42-60-62(43-57)67-63-44-61(58-23-13-14-24-59(58)64(60)63)66(55-37-29-51(30-38-55)47-19-9-3-10-20-47)56-39-31-52(32-40-56)48-21-11-4-12-22-48/h1-44H. The molecule has 12 rings (SSSR count). The highest BCUT2D eigenvalue weighted by Gasteiger charge is 2.22. The molecular formula is C64H44N2O. The van der Waals surface area contributed by atoms with Crippen LogP contribution < -0.4 is 9.80 Å². The van der Waals surface area contributed by atoms with Gasteiger partial charge in [0.25, 0.3) is 0 Å². The third-order valence-corrected chi connectivity index (χ3v) is 12.9. The molecule has 0 atom stereocenters. The van der Waals surface area contributed by atoms with Gasteiger partial charge in [-0.15, -0.1) is 0 Å². The van der Waals surface area contributed by atoms with Crippen LogP contribution in [0.15, 0.2) is 271 Å². The van der Waals surface area contributed by atoms with Gasteiger partial charge in [0, 0.05) is 56.7 Å². The number of fused-ring (bicyclic) bond motifs is 5. The predicted molar refractivity (Wildman–Crippen MR) is 282 cm³/mol. The van der Waals surface area contributed by atoms with Gasteiger partial charge in [-0.1, -0.05) is 194 Å². The van der Waals surface area contributed by atoms with Crippen LogP contribution in [-0.2, 0) is 0 Å². The minimum Gasteiger partial charge on any atom is -0.456 e. The van der Waals surface area contributed by atoms with Gasteiger partial charge in [-0.05, 0) is 111 Å². The van der Waals surface area contributed by atoms with Crippen molar-refractivity contribution >= 4 is 66.8 Å². The lowest BCUT2D eigenvalue weighted by atomic mass is 9.99. The molecule has 0 aliphatic heterocycles. The van der Waals surface area contributed by atoms with Crippen LogP contribution in [-0.4, -0.2) is 0 Å². The van der Waals surface area contributed by atoms with Crippen LogP contribution in [0, 0.1) is 0 Å². The summed E-state index contributed by atoms with van der Waals surface area (Å²) in [6, 6.07) is 95.3. The van der Waals surface area contributed by atoms with Crippen LogP contribution in [0.4, 0.5) is 34.1 Å². The van der Waals surface area contributed by atoms with Crippen LogP contribution in [0.3, 0.4) is 0 Å². The summed E-state index contributed by atoms with van der Waals surface area (Å²) in [7, 11) is 0. The number of furan rings is 1. The van der Waals surface area contributed by atoms with Crippen molar-refractivity contribution in [2.75, 3.05) is 9.80 Å². The van der Waals surface area contributed by atoms with E-state index in [1.165, 1.54) is 44.5 Å². The molecule has 0 spiro atoms. The maximum absolute atomic E-state index is 7.04. The van der Waals surface area contributed by atoms with Gasteiger partial charge in [0.2, 0.25) is 0 Å². The SMILES string of the molecule is c1ccc(-c2ccc(N(c3ccc(-c4ccccc4)cc3)c3ccc4c(c3)oc3cc(N(c5ccc(-c6ccccc6)cc5)c5ccc(-c6ccccc6)cc5)c5ccccc5c34)cc2)cc1. The molecule has 1 aromatic heterocycles. The lowest BCUT2D eigenvalue weighted by Crippen LogP contribution is -2.10. The second-order valence-corrected chi connectivity index (χ2v) is 16.9. The zero-order valence-electron chi connectivity index (χ0n) is 36.7. The zero-order valence-corrected chi connectivity index (χ0v) is 36.7. The Labute approximate surface area is 390 Å². The van der Waals surface area contributed by atoms with Crippen LogP contribution in [0.1, 0.15) is 0 Å². The third kappa shape index (κ3) is 7.59. The predicted octanol–water partition coefficient (Wildman–Crippen LogP) is 18.3. The molecule has 316 valence electrons. The molecule has 0 radical (unpaired) electrons. The van der Waals surface area contributed by atoms with Gasteiger partial charge in [0.1, 0.15) is 11.2 Å². The Morgan fingerprint density at radius 2 is 0.552 bits per heavy atom. The molecule has 0 unspecified atom stereocenters. The van der Waals surface area contributed by atoms with Crippen LogP contribution in [0.2, 0.25) is 0 Å². The molecule has 12 aromatic rings. The summed E-state index contributed by atoms with van der Waals surface area (Å²) in [6.07, 6.45) is 0. The molecule has 0 amide bonds. The van der Waals surface area contributed by atoms with Gasteiger partial charge in [-0.2, -0.15) is 0 Å². The molecule has 0 bridgehead atoms. The Hall–Kier alpha value is -8.92. The normalized spacial score (nSPS) is 11.3. The molecule has 3 nitrogen and oxygen atoms in total. The molecule has 11 aromatic carbocycles. The topological polar surface area (TPSA) is 19.6 Å². The van der Waals surface area contributed by atoms with Crippen molar-refractivity contribution in [2.24, 2.45) is 0 Å². The molecule has 0 fully saturated rings. The summed E-state index contributed by atoms with van der Waals surface area (Å²) in [5, 5.41) is 4.45. The fraction of sp³-hybridized carbons (Fsp3) is 0. The van der Waals surface area contributed by atoms with E-state index in [2.05, 4.69) is 277 Å². The number of benzene rings is 11. The first-order valence-electron chi connectivity index (χ1n) is 22.8. The minimum atomic E-state index is 0.826. The van der Waals surface area contributed by atoms with Crippen molar-refractivity contribution in [2.45, 2.75) is 0 Å². The van der Waals surface area contributed by atoms with Crippen molar-refractivity contribution in [1.82, 2.24) is 0 Å². The number of rotatable bonds is 10. The smallest absolute Gasteiger partial charge is 0.138 e. The van der Waals surface area contributed by atoms with Gasteiger partial charge in [0.15, 0.2) is 0 Å². The second-order valence-electron chi connectivity index (χ2n) is 16.9. The van der Waals surface area contributed by atoms with E-state index >= 15 is 0 Å². The summed E-state index contributed by atoms with van der Waals surface area (Å²) < 4.78 is 7.04. The fourth-order valence-electron chi connectivity index (χ4n) is 9.54. The van der Waals surface area contributed by atoms with Gasteiger partial charge in [-0.3, -0.25) is 0 Å². The Kier molecular flexibility index (Phi) is 10.2. The maximum atomic E-state index is 7.04. The average molecular weight is 857 g/mol. The first-order valence-corrected chi connectivity index (χ1v) is 22.8. The van der Waals surface area contributed by atoms with E-state index in [-0.39, 0.29) is 0 Å². The molecule has 0 N–H and O–H groups in total. The van der Waals surface area contributed by atoms with Gasteiger partial charge in [-0.25, -0.2) is 0 Å². The monoisotopic (exact) mass is 856 g/mol. The van der Waals surface area contributed by atoms with E-state index in [4.69, 9.17) is 4.42 Å². The summed E-state index contributed by atoms with van der Waals surface area (Å²) >= 11 is 0. The molecule has 0 aliphatic rings. The first-order chi connectivity index (χ1) is 33.2. The molecule has 0 saturated heterocycles. The number of hydrogen-bond donors (Lipinski definition) is 0. The fourth-order valence-corrected chi connectivity index (χ4v) is 9.54. The average Bonchev–Trinajstić information content (AvgIpc) is 3.79. The lowest BCUT2D eigenvalue weighted by Gasteiger charge is -2.27. The van der Waals surface area contributed by atoms with E-state index < -0.39 is 0 Å². The summed E-state index contributed by atoms with van der Waals surface area (Å²) in [6.45, 7) is 0. The highest BCUT2D eigenvalue weighted by molar-refractivity contribution is 6.22. The van der Waals surface area contributed by atoms with Crippen molar-refractivity contribution in [3.8, 4) is 44.5 Å². The van der Waals surface area contributed by atoms with Gasteiger partial charge in [0.05, 0.1) is 5.69 Å². The number of anilines is 6. The highest BCUT2D eigenvalue weighted by Crippen LogP contribution is 2.47. The van der Waals surface area contributed by atoms with Gasteiger partial charge < -0.3 is 14.2 Å². The van der Waals surface area contributed by atoms with Gasteiger partial charge >= 0.3 is 0 Å². The van der Waals surface area contributed by atoms with Crippen molar-refractivity contribution in [3.05, 3.63) is 267 Å². The van der Waals surface area contributed by atoms with E-state index in [9.17, 15) is 0 Å². The Morgan fingerprint density at radius 3 is 0.955 bits per heavy atom. The molecule has 3 heteroatoms. The first kappa shape index (κ1) is 39.7. The highest BCUT2D eigenvalue weighted by atomic mass is 16.3. The molecule has 67 heavy (non-hydrogen) atoms. The van der Waals surface area contributed by atoms with Crippen LogP contribution in [0.25, 0.3) is 77.2 Å². The quantitative estimate of drug-likeness (QED) is 0.137. The maximum Gasteiger partial charge on any atom is 0.138 e. The molecule has 0 aliphatic carbocycles. The van der Waals surface area contributed by atoms with E-state index in [1.54, 1.807) is 0 Å². The molecule has 0 saturated carbocycles. The van der Waals surface area contributed by atoms with Crippen molar-refractivity contribution in [1.29, 1.82) is 0 Å². The molecular weight excluding hydrogens is 813 g/mol. The Balaban J connectivity index is 0.998. The summed E-state index contributed by atoms with van der Waals surface area (Å²) in [5.41, 5.74) is 17.4. The van der Waals surface area contributed by atoms with Crippen LogP contribution >= 0.6 is 0 Å². The van der Waals surface area contributed by atoms with E-state index in [1.807, 2.05) is 0 Å². The Morgan fingerprint density at radius 1 is 0.224 bits per heavy atom. The summed E-state index contributed by atoms with van der Waals surface area (Å²) in [4.78, 5) is 4.68. The van der Waals surface area contributed by atoms with E-state index in [0.717, 1.165) is 66.8 Å².